The van der Waals surface area contributed by atoms with Gasteiger partial charge in [0.05, 0.1) is 0 Å². The standard InChI is InChI=1S/C10H16N2/c1-8(11)9-5-4-6-10(7-9)12(2)3/h4-8H,11H2,1-3H3/t8-/m0/s1. The van der Waals surface area contributed by atoms with E-state index in [4.69, 9.17) is 5.73 Å². The van der Waals surface area contributed by atoms with Crippen LogP contribution in [0, 0.1) is 0 Å². The van der Waals surface area contributed by atoms with Gasteiger partial charge in [0.25, 0.3) is 0 Å². The van der Waals surface area contributed by atoms with Gasteiger partial charge in [0, 0.05) is 25.8 Å². The van der Waals surface area contributed by atoms with Gasteiger partial charge in [-0.15, -0.1) is 0 Å². The van der Waals surface area contributed by atoms with Crippen molar-refractivity contribution in [2.75, 3.05) is 19.0 Å². The average Bonchev–Trinajstić information content (AvgIpc) is 2.04. The second-order valence-electron chi connectivity index (χ2n) is 3.28. The minimum absolute atomic E-state index is 0.116. The molecule has 2 N–H and O–H groups in total. The third-order valence-corrected chi connectivity index (χ3v) is 1.91. The van der Waals surface area contributed by atoms with Crippen molar-refractivity contribution in [3.8, 4) is 0 Å². The van der Waals surface area contributed by atoms with E-state index in [9.17, 15) is 0 Å². The molecule has 1 atom stereocenters. The van der Waals surface area contributed by atoms with E-state index in [1.807, 2.05) is 27.1 Å². The van der Waals surface area contributed by atoms with Crippen LogP contribution in [-0.4, -0.2) is 14.1 Å². The highest BCUT2D eigenvalue weighted by Crippen LogP contribution is 2.17. The highest BCUT2D eigenvalue weighted by atomic mass is 15.1. The molecule has 0 aliphatic rings. The monoisotopic (exact) mass is 164 g/mol. The van der Waals surface area contributed by atoms with E-state index in [1.54, 1.807) is 0 Å². The molecule has 0 saturated carbocycles. The lowest BCUT2D eigenvalue weighted by Gasteiger charge is -2.14. The van der Waals surface area contributed by atoms with E-state index < -0.39 is 0 Å². The fourth-order valence-electron chi connectivity index (χ4n) is 1.09. The lowest BCUT2D eigenvalue weighted by molar-refractivity contribution is 0.817. The Labute approximate surface area is 74.0 Å². The van der Waals surface area contributed by atoms with E-state index in [0.717, 1.165) is 0 Å². The van der Waals surface area contributed by atoms with Crippen LogP contribution in [0.1, 0.15) is 18.5 Å². The van der Waals surface area contributed by atoms with Gasteiger partial charge in [0.1, 0.15) is 0 Å². The molecule has 0 aromatic heterocycles. The molecule has 1 aromatic carbocycles. The van der Waals surface area contributed by atoms with Crippen molar-refractivity contribution in [1.29, 1.82) is 0 Å². The maximum absolute atomic E-state index is 5.76. The zero-order valence-electron chi connectivity index (χ0n) is 7.91. The molecule has 12 heavy (non-hydrogen) atoms. The number of anilines is 1. The van der Waals surface area contributed by atoms with Crippen LogP contribution >= 0.6 is 0 Å². The van der Waals surface area contributed by atoms with E-state index in [0.29, 0.717) is 0 Å². The van der Waals surface area contributed by atoms with Crippen LogP contribution < -0.4 is 10.6 Å². The summed E-state index contributed by atoms with van der Waals surface area (Å²) in [7, 11) is 4.06. The number of benzene rings is 1. The summed E-state index contributed by atoms with van der Waals surface area (Å²) in [5.74, 6) is 0. The minimum Gasteiger partial charge on any atom is -0.378 e. The van der Waals surface area contributed by atoms with Crippen molar-refractivity contribution in [2.45, 2.75) is 13.0 Å². The third-order valence-electron chi connectivity index (χ3n) is 1.91. The number of rotatable bonds is 2. The molecule has 66 valence electrons. The maximum atomic E-state index is 5.76. The van der Waals surface area contributed by atoms with Crippen LogP contribution in [0.4, 0.5) is 5.69 Å². The molecule has 0 aliphatic heterocycles. The predicted molar refractivity (Wildman–Crippen MR) is 53.4 cm³/mol. The van der Waals surface area contributed by atoms with Crippen molar-refractivity contribution < 1.29 is 0 Å². The highest BCUT2D eigenvalue weighted by Gasteiger charge is 2.00. The Morgan fingerprint density at radius 2 is 2.00 bits per heavy atom. The number of hydrogen-bond acceptors (Lipinski definition) is 2. The Bertz CT molecular complexity index is 231. The molecule has 2 heteroatoms. The Kier molecular flexibility index (Phi) is 2.71. The quantitative estimate of drug-likeness (QED) is 0.721. The molecular weight excluding hydrogens is 148 g/mol. The van der Waals surface area contributed by atoms with Gasteiger partial charge >= 0.3 is 0 Å². The van der Waals surface area contributed by atoms with E-state index in [2.05, 4.69) is 23.1 Å². The van der Waals surface area contributed by atoms with Gasteiger partial charge < -0.3 is 10.6 Å². The van der Waals surface area contributed by atoms with Crippen LogP contribution in [0.15, 0.2) is 24.3 Å². The Morgan fingerprint density at radius 1 is 1.33 bits per heavy atom. The van der Waals surface area contributed by atoms with E-state index >= 15 is 0 Å². The Balaban J connectivity index is 2.96. The van der Waals surface area contributed by atoms with Gasteiger partial charge in [-0.05, 0) is 24.6 Å². The minimum atomic E-state index is 0.116. The van der Waals surface area contributed by atoms with Gasteiger partial charge in [-0.3, -0.25) is 0 Å². The summed E-state index contributed by atoms with van der Waals surface area (Å²) >= 11 is 0. The zero-order valence-corrected chi connectivity index (χ0v) is 7.91. The molecule has 0 radical (unpaired) electrons. The van der Waals surface area contributed by atoms with Crippen molar-refractivity contribution in [3.05, 3.63) is 29.8 Å². The highest BCUT2D eigenvalue weighted by molar-refractivity contribution is 5.47. The van der Waals surface area contributed by atoms with Gasteiger partial charge in [-0.25, -0.2) is 0 Å². The molecule has 0 heterocycles. The van der Waals surface area contributed by atoms with Gasteiger partial charge in [0.2, 0.25) is 0 Å². The summed E-state index contributed by atoms with van der Waals surface area (Å²) in [6, 6.07) is 8.40. The molecule has 0 bridgehead atoms. The molecule has 0 amide bonds. The predicted octanol–water partition coefficient (Wildman–Crippen LogP) is 1.77. The number of nitrogens with zero attached hydrogens (tertiary/aromatic N) is 1. The second kappa shape index (κ2) is 3.59. The first-order valence-corrected chi connectivity index (χ1v) is 4.14. The Hall–Kier alpha value is -1.02. The summed E-state index contributed by atoms with van der Waals surface area (Å²) in [6.07, 6.45) is 0. The first-order chi connectivity index (χ1) is 5.61. The van der Waals surface area contributed by atoms with Gasteiger partial charge in [-0.1, -0.05) is 12.1 Å². The van der Waals surface area contributed by atoms with Crippen molar-refractivity contribution in [3.63, 3.8) is 0 Å². The second-order valence-corrected chi connectivity index (χ2v) is 3.28. The summed E-state index contributed by atoms with van der Waals surface area (Å²) in [4.78, 5) is 2.08. The number of nitrogens with two attached hydrogens (primary N) is 1. The summed E-state index contributed by atoms with van der Waals surface area (Å²) in [6.45, 7) is 1.99. The SMILES string of the molecule is C[C@H](N)c1cccc(N(C)C)c1. The van der Waals surface area contributed by atoms with Crippen LogP contribution in [-0.2, 0) is 0 Å². The van der Waals surface area contributed by atoms with Crippen molar-refractivity contribution in [1.82, 2.24) is 0 Å². The molecule has 0 spiro atoms. The van der Waals surface area contributed by atoms with Crippen molar-refractivity contribution in [2.24, 2.45) is 5.73 Å². The molecular formula is C10H16N2. The molecule has 1 rings (SSSR count). The van der Waals surface area contributed by atoms with Crippen LogP contribution in [0.3, 0.4) is 0 Å². The summed E-state index contributed by atoms with van der Waals surface area (Å²) in [5, 5.41) is 0. The van der Waals surface area contributed by atoms with Crippen LogP contribution in [0.5, 0.6) is 0 Å². The van der Waals surface area contributed by atoms with E-state index in [1.165, 1.54) is 11.3 Å². The van der Waals surface area contributed by atoms with E-state index in [-0.39, 0.29) is 6.04 Å². The van der Waals surface area contributed by atoms with Crippen LogP contribution in [0.2, 0.25) is 0 Å². The smallest absolute Gasteiger partial charge is 0.0364 e. The molecule has 0 saturated heterocycles. The Morgan fingerprint density at radius 3 is 2.50 bits per heavy atom. The molecule has 0 unspecified atom stereocenters. The van der Waals surface area contributed by atoms with Gasteiger partial charge in [-0.2, -0.15) is 0 Å². The molecule has 0 aliphatic carbocycles. The molecule has 0 fully saturated rings. The first kappa shape index (κ1) is 9.07. The lowest BCUT2D eigenvalue weighted by Crippen LogP contribution is -2.10. The zero-order chi connectivity index (χ0) is 9.14. The third kappa shape index (κ3) is 1.98. The van der Waals surface area contributed by atoms with Crippen LogP contribution in [0.25, 0.3) is 0 Å². The molecule has 1 aromatic rings. The topological polar surface area (TPSA) is 29.3 Å². The average molecular weight is 164 g/mol. The molecule has 2 nitrogen and oxygen atoms in total. The normalized spacial score (nSPS) is 12.7. The van der Waals surface area contributed by atoms with Crippen molar-refractivity contribution >= 4 is 5.69 Å². The number of hydrogen-bond donors (Lipinski definition) is 1. The lowest BCUT2D eigenvalue weighted by atomic mass is 10.1. The summed E-state index contributed by atoms with van der Waals surface area (Å²) < 4.78 is 0. The maximum Gasteiger partial charge on any atom is 0.0364 e. The fourth-order valence-corrected chi connectivity index (χ4v) is 1.09. The van der Waals surface area contributed by atoms with Gasteiger partial charge in [0.15, 0.2) is 0 Å². The largest absolute Gasteiger partial charge is 0.378 e. The summed E-state index contributed by atoms with van der Waals surface area (Å²) in [5.41, 5.74) is 8.14. The fraction of sp³-hybridized carbons (Fsp3) is 0.400. The first-order valence-electron chi connectivity index (χ1n) is 4.14.